The van der Waals surface area contributed by atoms with Crippen molar-refractivity contribution in [3.63, 3.8) is 0 Å². The zero-order valence-corrected chi connectivity index (χ0v) is 14.5. The summed E-state index contributed by atoms with van der Waals surface area (Å²) in [6, 6.07) is 12.8. The largest absolute Gasteiger partial charge is 0.374 e. The van der Waals surface area contributed by atoms with E-state index in [1.54, 1.807) is 50.2 Å². The van der Waals surface area contributed by atoms with Gasteiger partial charge in [0.2, 0.25) is 0 Å². The molecule has 134 valence electrons. The summed E-state index contributed by atoms with van der Waals surface area (Å²) in [5.74, 6) is -0.649. The lowest BCUT2D eigenvalue weighted by Crippen LogP contribution is -2.50. The molecule has 0 N–H and O–H groups in total. The van der Waals surface area contributed by atoms with E-state index in [0.717, 1.165) is 5.56 Å². The van der Waals surface area contributed by atoms with E-state index in [9.17, 15) is 19.7 Å². The number of non-ortho nitro benzene ring substituents is 1. The van der Waals surface area contributed by atoms with Gasteiger partial charge in [-0.25, -0.2) is 0 Å². The average Bonchev–Trinajstić information content (AvgIpc) is 2.87. The molecule has 0 radical (unpaired) electrons. The van der Waals surface area contributed by atoms with Gasteiger partial charge in [0.05, 0.1) is 34.8 Å². The van der Waals surface area contributed by atoms with Gasteiger partial charge in [0.1, 0.15) is 0 Å². The van der Waals surface area contributed by atoms with Crippen LogP contribution in [-0.4, -0.2) is 33.8 Å². The molecule has 3 rings (SSSR count). The second-order valence-corrected chi connectivity index (χ2v) is 6.72. The first-order valence-electron chi connectivity index (χ1n) is 8.10. The predicted octanol–water partition coefficient (Wildman–Crippen LogP) is 3.19. The molecule has 0 saturated heterocycles. The van der Waals surface area contributed by atoms with Gasteiger partial charge in [-0.2, -0.15) is 0 Å². The Hall–Kier alpha value is -3.06. The van der Waals surface area contributed by atoms with Crippen LogP contribution in [0.5, 0.6) is 0 Å². The third-order valence-corrected chi connectivity index (χ3v) is 4.27. The molecule has 7 nitrogen and oxygen atoms in total. The highest BCUT2D eigenvalue weighted by Gasteiger charge is 2.43. The summed E-state index contributed by atoms with van der Waals surface area (Å²) in [4.78, 5) is 36.6. The quantitative estimate of drug-likeness (QED) is 0.451. The molecule has 1 aliphatic rings. The van der Waals surface area contributed by atoms with Gasteiger partial charge in [-0.1, -0.05) is 12.1 Å². The van der Waals surface area contributed by atoms with Crippen molar-refractivity contribution in [3.8, 4) is 0 Å². The molecule has 2 aromatic carbocycles. The Bertz CT molecular complexity index is 839. The minimum atomic E-state index is -0.825. The standard InChI is InChI=1S/C19H18N2O5/c1-19(2,12-26-11-13-7-9-14(10-8-13)21(24)25)20-17(22)15-5-3-4-6-16(15)18(20)23/h3-10H,11-12H2,1-2H3. The maximum atomic E-state index is 12.6. The van der Waals surface area contributed by atoms with Gasteiger partial charge in [-0.3, -0.25) is 24.6 Å². The number of carbonyl (C=O) groups excluding carboxylic acids is 2. The fourth-order valence-corrected chi connectivity index (χ4v) is 2.94. The first-order valence-corrected chi connectivity index (χ1v) is 8.10. The molecule has 0 fully saturated rings. The van der Waals surface area contributed by atoms with E-state index >= 15 is 0 Å². The molecule has 0 bridgehead atoms. The van der Waals surface area contributed by atoms with Crippen LogP contribution in [0.3, 0.4) is 0 Å². The number of amides is 2. The number of hydrogen-bond acceptors (Lipinski definition) is 5. The Morgan fingerprint density at radius 2 is 1.54 bits per heavy atom. The molecule has 0 atom stereocenters. The summed E-state index contributed by atoms with van der Waals surface area (Å²) in [6.45, 7) is 3.91. The number of imide groups is 1. The van der Waals surface area contributed by atoms with Gasteiger partial charge >= 0.3 is 0 Å². The highest BCUT2D eigenvalue weighted by Crippen LogP contribution is 2.29. The minimum absolute atomic E-state index is 0.0140. The van der Waals surface area contributed by atoms with Crippen LogP contribution in [0.25, 0.3) is 0 Å². The lowest BCUT2D eigenvalue weighted by molar-refractivity contribution is -0.384. The van der Waals surface area contributed by atoms with Crippen molar-refractivity contribution in [2.24, 2.45) is 0 Å². The third-order valence-electron chi connectivity index (χ3n) is 4.27. The number of hydrogen-bond donors (Lipinski definition) is 0. The van der Waals surface area contributed by atoms with E-state index in [1.165, 1.54) is 17.0 Å². The van der Waals surface area contributed by atoms with Crippen molar-refractivity contribution in [1.29, 1.82) is 0 Å². The molecule has 0 aromatic heterocycles. The number of fused-ring (bicyclic) bond motifs is 1. The van der Waals surface area contributed by atoms with Crippen LogP contribution < -0.4 is 0 Å². The number of nitrogens with zero attached hydrogens (tertiary/aromatic N) is 2. The molecule has 0 aliphatic carbocycles. The van der Waals surface area contributed by atoms with Crippen LogP contribution >= 0.6 is 0 Å². The van der Waals surface area contributed by atoms with E-state index in [4.69, 9.17) is 4.74 Å². The molecule has 26 heavy (non-hydrogen) atoms. The molecule has 7 heteroatoms. The van der Waals surface area contributed by atoms with E-state index in [-0.39, 0.29) is 30.7 Å². The van der Waals surface area contributed by atoms with Gasteiger partial charge in [0.25, 0.3) is 17.5 Å². The van der Waals surface area contributed by atoms with Crippen molar-refractivity contribution >= 4 is 17.5 Å². The molecular weight excluding hydrogens is 336 g/mol. The molecule has 2 amide bonds. The highest BCUT2D eigenvalue weighted by atomic mass is 16.6. The number of benzene rings is 2. The third kappa shape index (κ3) is 3.21. The second-order valence-electron chi connectivity index (χ2n) is 6.72. The normalized spacial score (nSPS) is 13.8. The first kappa shape index (κ1) is 17.8. The molecule has 0 unspecified atom stereocenters. The van der Waals surface area contributed by atoms with E-state index in [2.05, 4.69) is 0 Å². The van der Waals surface area contributed by atoms with Gasteiger partial charge in [0.15, 0.2) is 0 Å². The molecule has 0 spiro atoms. The van der Waals surface area contributed by atoms with Gasteiger partial charge in [-0.05, 0) is 43.7 Å². The van der Waals surface area contributed by atoms with E-state index in [0.29, 0.717) is 11.1 Å². The number of nitro benzene ring substituents is 1. The van der Waals surface area contributed by atoms with Crippen LogP contribution in [-0.2, 0) is 11.3 Å². The predicted molar refractivity (Wildman–Crippen MR) is 93.8 cm³/mol. The van der Waals surface area contributed by atoms with Crippen LogP contribution in [0.4, 0.5) is 5.69 Å². The molecule has 2 aromatic rings. The summed E-state index contributed by atoms with van der Waals surface area (Å²) in [5, 5.41) is 10.7. The zero-order valence-electron chi connectivity index (χ0n) is 14.5. The van der Waals surface area contributed by atoms with E-state index < -0.39 is 10.5 Å². The van der Waals surface area contributed by atoms with Crippen LogP contribution in [0, 0.1) is 10.1 Å². The topological polar surface area (TPSA) is 89.8 Å². The summed E-state index contributed by atoms with van der Waals surface area (Å²) in [6.07, 6.45) is 0. The van der Waals surface area contributed by atoms with Crippen LogP contribution in [0.2, 0.25) is 0 Å². The monoisotopic (exact) mass is 354 g/mol. The average molecular weight is 354 g/mol. The van der Waals surface area contributed by atoms with Crippen molar-refractivity contribution in [2.75, 3.05) is 6.61 Å². The summed E-state index contributed by atoms with van der Waals surface area (Å²) in [7, 11) is 0. The maximum Gasteiger partial charge on any atom is 0.269 e. The number of ether oxygens (including phenoxy) is 1. The number of nitro groups is 1. The van der Waals surface area contributed by atoms with Crippen LogP contribution in [0.1, 0.15) is 40.1 Å². The summed E-state index contributed by atoms with van der Waals surface area (Å²) in [5.41, 5.74) is 0.768. The highest BCUT2D eigenvalue weighted by molar-refractivity contribution is 6.21. The van der Waals surface area contributed by atoms with Crippen molar-refractivity contribution in [3.05, 3.63) is 75.3 Å². The Kier molecular flexibility index (Phi) is 4.56. The Balaban J connectivity index is 1.65. The lowest BCUT2D eigenvalue weighted by Gasteiger charge is -2.33. The van der Waals surface area contributed by atoms with Crippen molar-refractivity contribution < 1.29 is 19.2 Å². The molecule has 1 aliphatic heterocycles. The van der Waals surface area contributed by atoms with Gasteiger partial charge in [-0.15, -0.1) is 0 Å². The fourth-order valence-electron chi connectivity index (χ4n) is 2.94. The fraction of sp³-hybridized carbons (Fsp3) is 0.263. The Morgan fingerprint density at radius 3 is 2.04 bits per heavy atom. The van der Waals surface area contributed by atoms with Crippen molar-refractivity contribution in [2.45, 2.75) is 26.0 Å². The van der Waals surface area contributed by atoms with Crippen LogP contribution in [0.15, 0.2) is 48.5 Å². The summed E-state index contributed by atoms with van der Waals surface area (Å²) >= 11 is 0. The molecule has 1 heterocycles. The molecular formula is C19H18N2O5. The Morgan fingerprint density at radius 1 is 1.00 bits per heavy atom. The van der Waals surface area contributed by atoms with Gasteiger partial charge < -0.3 is 4.74 Å². The van der Waals surface area contributed by atoms with Gasteiger partial charge in [0, 0.05) is 12.1 Å². The number of carbonyl (C=O) groups is 2. The van der Waals surface area contributed by atoms with Crippen molar-refractivity contribution in [1.82, 2.24) is 4.90 Å². The molecule has 0 saturated carbocycles. The maximum absolute atomic E-state index is 12.6. The lowest BCUT2D eigenvalue weighted by atomic mass is 10.0. The Labute approximate surface area is 150 Å². The minimum Gasteiger partial charge on any atom is -0.374 e. The zero-order chi connectivity index (χ0) is 18.9. The SMILES string of the molecule is CC(C)(COCc1ccc([N+](=O)[O-])cc1)N1C(=O)c2ccccc2C1=O. The van der Waals surface area contributed by atoms with E-state index in [1.807, 2.05) is 0 Å². The second kappa shape index (κ2) is 6.68. The number of rotatable bonds is 6. The summed E-state index contributed by atoms with van der Waals surface area (Å²) < 4.78 is 5.68. The smallest absolute Gasteiger partial charge is 0.269 e. The first-order chi connectivity index (χ1) is 12.3.